The molecule has 1 atom stereocenters. The zero-order valence-corrected chi connectivity index (χ0v) is 13.8. The summed E-state index contributed by atoms with van der Waals surface area (Å²) in [5, 5.41) is 0. The van der Waals surface area contributed by atoms with Crippen LogP contribution in [0.3, 0.4) is 0 Å². The van der Waals surface area contributed by atoms with Crippen molar-refractivity contribution in [2.75, 3.05) is 19.7 Å². The lowest BCUT2D eigenvalue weighted by atomic mass is 10.1. The van der Waals surface area contributed by atoms with E-state index < -0.39 is 0 Å². The number of carbonyl (C=O) groups excluding carboxylic acids is 1. The van der Waals surface area contributed by atoms with Gasteiger partial charge in [-0.25, -0.2) is 9.37 Å². The van der Waals surface area contributed by atoms with Crippen LogP contribution in [0.2, 0.25) is 0 Å². The van der Waals surface area contributed by atoms with E-state index in [1.807, 2.05) is 0 Å². The van der Waals surface area contributed by atoms with E-state index in [4.69, 9.17) is 4.74 Å². The van der Waals surface area contributed by atoms with Crippen LogP contribution in [0.25, 0.3) is 0 Å². The lowest BCUT2D eigenvalue weighted by molar-refractivity contribution is -0.138. The van der Waals surface area contributed by atoms with Gasteiger partial charge in [0.25, 0.3) is 5.56 Å². The molecule has 1 fully saturated rings. The fourth-order valence-electron chi connectivity index (χ4n) is 2.86. The van der Waals surface area contributed by atoms with E-state index in [9.17, 15) is 14.0 Å². The number of morpholine rings is 1. The second kappa shape index (κ2) is 8.02. The number of aromatic nitrogens is 2. The molecule has 3 rings (SSSR count). The maximum absolute atomic E-state index is 12.9. The summed E-state index contributed by atoms with van der Waals surface area (Å²) in [5.41, 5.74) is 1.33. The highest BCUT2D eigenvalue weighted by Crippen LogP contribution is 2.13. The van der Waals surface area contributed by atoms with Crippen LogP contribution in [-0.2, 0) is 22.4 Å². The van der Waals surface area contributed by atoms with E-state index in [1.165, 1.54) is 24.5 Å². The number of hydrogen-bond donors (Lipinski definition) is 1. The van der Waals surface area contributed by atoms with Crippen LogP contribution in [0.15, 0.2) is 41.5 Å². The van der Waals surface area contributed by atoms with Crippen molar-refractivity contribution in [3.63, 3.8) is 0 Å². The molecule has 0 spiro atoms. The lowest BCUT2D eigenvalue weighted by Crippen LogP contribution is -2.46. The van der Waals surface area contributed by atoms with Crippen molar-refractivity contribution in [2.45, 2.75) is 25.4 Å². The largest absolute Gasteiger partial charge is 0.375 e. The molecule has 132 valence electrons. The number of amides is 1. The van der Waals surface area contributed by atoms with E-state index >= 15 is 0 Å². The predicted octanol–water partition coefficient (Wildman–Crippen LogP) is 1.31. The molecule has 2 aromatic rings. The Kier molecular flexibility index (Phi) is 5.55. The van der Waals surface area contributed by atoms with Crippen molar-refractivity contribution in [3.05, 3.63) is 64.1 Å². The quantitative estimate of drug-likeness (QED) is 0.887. The van der Waals surface area contributed by atoms with Crippen molar-refractivity contribution in [1.82, 2.24) is 14.9 Å². The fraction of sp³-hybridized carbons (Fsp3) is 0.389. The van der Waals surface area contributed by atoms with Gasteiger partial charge in [-0.3, -0.25) is 9.59 Å². The van der Waals surface area contributed by atoms with E-state index in [0.717, 1.165) is 5.56 Å². The number of aryl methyl sites for hydroxylation is 1. The molecule has 1 N–H and O–H groups in total. The molecule has 0 saturated carbocycles. The van der Waals surface area contributed by atoms with Gasteiger partial charge in [0.1, 0.15) is 5.82 Å². The first-order valence-electron chi connectivity index (χ1n) is 8.27. The Bertz CT molecular complexity index is 776. The lowest BCUT2D eigenvalue weighted by Gasteiger charge is -2.33. The highest BCUT2D eigenvalue weighted by molar-refractivity contribution is 5.78. The highest BCUT2D eigenvalue weighted by Gasteiger charge is 2.24. The van der Waals surface area contributed by atoms with Gasteiger partial charge in [0, 0.05) is 24.8 Å². The van der Waals surface area contributed by atoms with Gasteiger partial charge in [0.05, 0.1) is 25.5 Å². The minimum absolute atomic E-state index is 0.00851. The third-order valence-electron chi connectivity index (χ3n) is 4.22. The van der Waals surface area contributed by atoms with Crippen LogP contribution >= 0.6 is 0 Å². The summed E-state index contributed by atoms with van der Waals surface area (Å²) in [6.07, 6.45) is 2.87. The summed E-state index contributed by atoms with van der Waals surface area (Å²) in [6, 6.07) is 7.45. The number of nitrogens with zero attached hydrogens (tertiary/aromatic N) is 2. The number of ether oxygens (including phenoxy) is 1. The summed E-state index contributed by atoms with van der Waals surface area (Å²) in [7, 11) is 0. The Morgan fingerprint density at radius 1 is 1.36 bits per heavy atom. The molecule has 7 heteroatoms. The van der Waals surface area contributed by atoms with E-state index in [2.05, 4.69) is 9.97 Å². The van der Waals surface area contributed by atoms with Crippen LogP contribution < -0.4 is 5.56 Å². The molecule has 1 aliphatic rings. The molecule has 1 aromatic carbocycles. The Balaban J connectivity index is 1.52. The Morgan fingerprint density at radius 2 is 2.16 bits per heavy atom. The normalized spacial score (nSPS) is 17.5. The molecular weight excluding hydrogens is 325 g/mol. The highest BCUT2D eigenvalue weighted by atomic mass is 19.1. The van der Waals surface area contributed by atoms with Gasteiger partial charge in [0.2, 0.25) is 5.91 Å². The number of halogens is 1. The van der Waals surface area contributed by atoms with E-state index in [0.29, 0.717) is 38.2 Å². The number of benzene rings is 1. The summed E-state index contributed by atoms with van der Waals surface area (Å²) in [6.45, 7) is 1.56. The first kappa shape index (κ1) is 17.3. The SMILES string of the molecule is O=C(Cc1ccc(F)cc1)N1CCOC(CCc2cc(=O)[nH]cn2)C1. The van der Waals surface area contributed by atoms with Gasteiger partial charge in [-0.15, -0.1) is 0 Å². The van der Waals surface area contributed by atoms with Crippen molar-refractivity contribution in [1.29, 1.82) is 0 Å². The number of aromatic amines is 1. The number of H-pyrrole nitrogens is 1. The molecule has 0 bridgehead atoms. The second-order valence-corrected chi connectivity index (χ2v) is 6.08. The smallest absolute Gasteiger partial charge is 0.250 e. The van der Waals surface area contributed by atoms with E-state index in [1.54, 1.807) is 17.0 Å². The number of rotatable bonds is 5. The summed E-state index contributed by atoms with van der Waals surface area (Å²) < 4.78 is 18.7. The number of carbonyl (C=O) groups is 1. The molecule has 1 saturated heterocycles. The molecule has 0 radical (unpaired) electrons. The van der Waals surface area contributed by atoms with Crippen LogP contribution in [0.5, 0.6) is 0 Å². The maximum Gasteiger partial charge on any atom is 0.250 e. The molecule has 1 amide bonds. The van der Waals surface area contributed by atoms with Crippen LogP contribution in [0, 0.1) is 5.82 Å². The molecule has 25 heavy (non-hydrogen) atoms. The van der Waals surface area contributed by atoms with Gasteiger partial charge < -0.3 is 14.6 Å². The minimum atomic E-state index is -0.309. The average molecular weight is 345 g/mol. The average Bonchev–Trinajstić information content (AvgIpc) is 2.62. The summed E-state index contributed by atoms with van der Waals surface area (Å²) >= 11 is 0. The first-order valence-corrected chi connectivity index (χ1v) is 8.27. The van der Waals surface area contributed by atoms with Crippen LogP contribution in [0.4, 0.5) is 4.39 Å². The molecule has 6 nitrogen and oxygen atoms in total. The third kappa shape index (κ3) is 4.96. The molecule has 1 unspecified atom stereocenters. The molecule has 0 aliphatic carbocycles. The fourth-order valence-corrected chi connectivity index (χ4v) is 2.86. The summed E-state index contributed by atoms with van der Waals surface area (Å²) in [4.78, 5) is 32.1. The van der Waals surface area contributed by atoms with E-state index in [-0.39, 0.29) is 29.8 Å². The Hall–Kier alpha value is -2.54. The second-order valence-electron chi connectivity index (χ2n) is 6.08. The summed E-state index contributed by atoms with van der Waals surface area (Å²) in [5.74, 6) is -0.301. The topological polar surface area (TPSA) is 75.3 Å². The van der Waals surface area contributed by atoms with Gasteiger partial charge >= 0.3 is 0 Å². The minimum Gasteiger partial charge on any atom is -0.375 e. The van der Waals surface area contributed by atoms with Crippen molar-refractivity contribution >= 4 is 5.91 Å². The first-order chi connectivity index (χ1) is 12.1. The molecule has 1 aliphatic heterocycles. The van der Waals surface area contributed by atoms with Gasteiger partial charge in [0.15, 0.2) is 0 Å². The zero-order chi connectivity index (χ0) is 17.6. The van der Waals surface area contributed by atoms with Gasteiger partial charge in [-0.05, 0) is 30.5 Å². The Morgan fingerprint density at radius 3 is 2.92 bits per heavy atom. The zero-order valence-electron chi connectivity index (χ0n) is 13.8. The van der Waals surface area contributed by atoms with Crippen LogP contribution in [-0.4, -0.2) is 46.6 Å². The molecular formula is C18H20FN3O3. The third-order valence-corrected chi connectivity index (χ3v) is 4.22. The maximum atomic E-state index is 12.9. The van der Waals surface area contributed by atoms with Gasteiger partial charge in [-0.2, -0.15) is 0 Å². The number of hydrogen-bond acceptors (Lipinski definition) is 4. The van der Waals surface area contributed by atoms with Crippen molar-refractivity contribution in [2.24, 2.45) is 0 Å². The van der Waals surface area contributed by atoms with Gasteiger partial charge in [-0.1, -0.05) is 12.1 Å². The molecule has 1 aromatic heterocycles. The standard InChI is InChI=1S/C18H20FN3O3/c19-14-3-1-13(2-4-14)9-18(24)22-7-8-25-16(11-22)6-5-15-10-17(23)21-12-20-15/h1-4,10,12,16H,5-9,11H2,(H,20,21,23). The van der Waals surface area contributed by atoms with Crippen molar-refractivity contribution in [3.8, 4) is 0 Å². The molecule has 2 heterocycles. The Labute approximate surface area is 144 Å². The van der Waals surface area contributed by atoms with Crippen molar-refractivity contribution < 1.29 is 13.9 Å². The van der Waals surface area contributed by atoms with Crippen LogP contribution in [0.1, 0.15) is 17.7 Å². The predicted molar refractivity (Wildman–Crippen MR) is 89.6 cm³/mol. The number of nitrogens with one attached hydrogen (secondary N) is 1. The monoisotopic (exact) mass is 345 g/mol.